The van der Waals surface area contributed by atoms with E-state index in [1.54, 1.807) is 12.1 Å². The molecule has 1 aliphatic heterocycles. The molecule has 1 saturated heterocycles. The van der Waals surface area contributed by atoms with Gasteiger partial charge in [0.2, 0.25) is 17.6 Å². The number of carbonyl (C=O) groups is 2. The lowest BCUT2D eigenvalue weighted by molar-refractivity contribution is -0.221. The van der Waals surface area contributed by atoms with E-state index in [0.29, 0.717) is 5.69 Å². The standard InChI is InChI=1S/C19H17Cl4NO4/c1-4-9-5-7-10(8-6-9)24-15(25)11-12(16(24)26)18(23)14(21)13(20)17(11,22)19(18,27-2)28-3/h5-8,11-12H,4H2,1-3H3/t11-,12-,17+,18+/m1/s1. The first kappa shape index (κ1) is 20.5. The normalized spacial score (nSPS) is 35.9. The van der Waals surface area contributed by atoms with Crippen LogP contribution in [0, 0.1) is 11.8 Å². The minimum absolute atomic E-state index is 0.0416. The van der Waals surface area contributed by atoms with Gasteiger partial charge in [0.25, 0.3) is 0 Å². The fourth-order valence-electron chi connectivity index (χ4n) is 4.84. The number of aryl methyl sites for hydroxylation is 1. The molecule has 0 aromatic heterocycles. The number of benzene rings is 1. The zero-order valence-electron chi connectivity index (χ0n) is 15.3. The second kappa shape index (κ2) is 6.34. The van der Waals surface area contributed by atoms with Crippen molar-refractivity contribution in [1.82, 2.24) is 0 Å². The summed E-state index contributed by atoms with van der Waals surface area (Å²) in [6.07, 6.45) is 0.836. The first-order valence-electron chi connectivity index (χ1n) is 8.68. The van der Waals surface area contributed by atoms with Gasteiger partial charge in [-0.2, -0.15) is 0 Å². The van der Waals surface area contributed by atoms with Gasteiger partial charge in [-0.1, -0.05) is 42.3 Å². The summed E-state index contributed by atoms with van der Waals surface area (Å²) in [5.74, 6) is -4.97. The molecule has 0 unspecified atom stereocenters. The number of anilines is 1. The molecule has 2 aliphatic carbocycles. The molecule has 28 heavy (non-hydrogen) atoms. The number of methoxy groups -OCH3 is 2. The summed E-state index contributed by atoms with van der Waals surface area (Å²) in [7, 11) is 2.66. The third kappa shape index (κ3) is 1.94. The SMILES string of the molecule is CCc1ccc(N2C(=O)[C@H]3[C@H](C2=O)[C@]2(Cl)C(Cl)=C(Cl)[C@]3(Cl)C2(OC)OC)cc1. The quantitative estimate of drug-likeness (QED) is 0.383. The van der Waals surface area contributed by atoms with Gasteiger partial charge in [0, 0.05) is 14.2 Å². The van der Waals surface area contributed by atoms with Crippen LogP contribution >= 0.6 is 46.4 Å². The second-order valence-electron chi connectivity index (χ2n) is 7.06. The van der Waals surface area contributed by atoms with E-state index in [1.165, 1.54) is 14.2 Å². The van der Waals surface area contributed by atoms with E-state index in [4.69, 9.17) is 55.9 Å². The lowest BCUT2D eigenvalue weighted by Crippen LogP contribution is -2.60. The third-order valence-electron chi connectivity index (χ3n) is 6.13. The highest BCUT2D eigenvalue weighted by molar-refractivity contribution is 6.54. The highest BCUT2D eigenvalue weighted by atomic mass is 35.5. The summed E-state index contributed by atoms with van der Waals surface area (Å²) in [6, 6.07) is 7.16. The van der Waals surface area contributed by atoms with Gasteiger partial charge in [-0.15, -0.1) is 23.2 Å². The van der Waals surface area contributed by atoms with Crippen LogP contribution in [0.2, 0.25) is 0 Å². The molecule has 1 saturated carbocycles. The molecule has 0 spiro atoms. The van der Waals surface area contributed by atoms with Crippen LogP contribution < -0.4 is 4.90 Å². The minimum atomic E-state index is -1.77. The molecule has 5 nitrogen and oxygen atoms in total. The Morgan fingerprint density at radius 3 is 1.71 bits per heavy atom. The largest absolute Gasteiger partial charge is 0.350 e. The van der Waals surface area contributed by atoms with Crippen LogP contribution in [-0.4, -0.2) is 41.6 Å². The fraction of sp³-hybridized carbons (Fsp3) is 0.474. The summed E-state index contributed by atoms with van der Waals surface area (Å²) >= 11 is 26.7. The monoisotopic (exact) mass is 463 g/mol. The van der Waals surface area contributed by atoms with E-state index in [1.807, 2.05) is 19.1 Å². The Bertz CT molecular complexity index is 867. The Morgan fingerprint density at radius 2 is 1.36 bits per heavy atom. The number of amides is 2. The van der Waals surface area contributed by atoms with Gasteiger partial charge < -0.3 is 9.47 Å². The molecule has 150 valence electrons. The Labute approximate surface area is 182 Å². The van der Waals surface area contributed by atoms with Crippen molar-refractivity contribution >= 4 is 63.9 Å². The first-order chi connectivity index (χ1) is 13.2. The van der Waals surface area contributed by atoms with Gasteiger partial charge in [-0.25, -0.2) is 4.90 Å². The Hall–Kier alpha value is -0.820. The molecular weight excluding hydrogens is 448 g/mol. The number of halogens is 4. The fourth-order valence-corrected chi connectivity index (χ4v) is 7.00. The molecule has 0 radical (unpaired) electrons. The molecule has 0 N–H and O–H groups in total. The predicted octanol–water partition coefficient (Wildman–Crippen LogP) is 4.02. The van der Waals surface area contributed by atoms with Gasteiger partial charge in [-0.05, 0) is 24.1 Å². The highest BCUT2D eigenvalue weighted by Gasteiger charge is 2.89. The highest BCUT2D eigenvalue weighted by Crippen LogP contribution is 2.75. The maximum Gasteiger partial charge on any atom is 0.240 e. The molecule has 1 aromatic rings. The van der Waals surface area contributed by atoms with E-state index >= 15 is 0 Å². The van der Waals surface area contributed by atoms with Gasteiger partial charge in [0.1, 0.15) is 9.75 Å². The molecule has 3 aliphatic rings. The Morgan fingerprint density at radius 1 is 0.929 bits per heavy atom. The van der Waals surface area contributed by atoms with E-state index in [-0.39, 0.29) is 10.1 Å². The van der Waals surface area contributed by atoms with Gasteiger partial charge in [-0.3, -0.25) is 9.59 Å². The number of carbonyl (C=O) groups excluding carboxylic acids is 2. The van der Waals surface area contributed by atoms with Crippen LogP contribution in [-0.2, 0) is 25.5 Å². The molecule has 1 heterocycles. The van der Waals surface area contributed by atoms with Gasteiger partial charge in [0.05, 0.1) is 27.6 Å². The van der Waals surface area contributed by atoms with Crippen molar-refractivity contribution < 1.29 is 19.1 Å². The van der Waals surface area contributed by atoms with E-state index in [0.717, 1.165) is 16.9 Å². The van der Waals surface area contributed by atoms with Crippen LogP contribution in [0.15, 0.2) is 34.3 Å². The average Bonchev–Trinajstić information content (AvgIpc) is 3.12. The molecule has 4 rings (SSSR count). The average molecular weight is 465 g/mol. The molecule has 2 bridgehead atoms. The van der Waals surface area contributed by atoms with E-state index < -0.39 is 39.2 Å². The molecule has 2 fully saturated rings. The summed E-state index contributed by atoms with van der Waals surface area (Å²) in [5.41, 5.74) is 1.52. The number of alkyl halides is 2. The maximum atomic E-state index is 13.4. The number of hydrogen-bond acceptors (Lipinski definition) is 4. The van der Waals surface area contributed by atoms with Crippen molar-refractivity contribution in [2.24, 2.45) is 11.8 Å². The number of nitrogens with zero attached hydrogens (tertiary/aromatic N) is 1. The zero-order valence-corrected chi connectivity index (χ0v) is 18.3. The summed E-state index contributed by atoms with van der Waals surface area (Å²) < 4.78 is 11.1. The van der Waals surface area contributed by atoms with Crippen LogP contribution in [0.1, 0.15) is 12.5 Å². The summed E-state index contributed by atoms with van der Waals surface area (Å²) in [4.78, 5) is 24.4. The molecular formula is C19H17Cl4NO4. The van der Waals surface area contributed by atoms with Crippen molar-refractivity contribution in [3.63, 3.8) is 0 Å². The Kier molecular flexibility index (Phi) is 4.63. The molecule has 9 heteroatoms. The Balaban J connectivity index is 1.88. The third-order valence-corrected chi connectivity index (χ3v) is 8.74. The molecule has 1 aromatic carbocycles. The van der Waals surface area contributed by atoms with E-state index in [9.17, 15) is 9.59 Å². The van der Waals surface area contributed by atoms with Gasteiger partial charge in [0.15, 0.2) is 0 Å². The van der Waals surface area contributed by atoms with Crippen molar-refractivity contribution in [3.05, 3.63) is 39.9 Å². The number of imide groups is 1. The van der Waals surface area contributed by atoms with E-state index in [2.05, 4.69) is 0 Å². The minimum Gasteiger partial charge on any atom is -0.350 e. The maximum absolute atomic E-state index is 13.4. The zero-order chi connectivity index (χ0) is 20.6. The van der Waals surface area contributed by atoms with Gasteiger partial charge >= 0.3 is 0 Å². The summed E-state index contributed by atoms with van der Waals surface area (Å²) in [6.45, 7) is 2.02. The number of hydrogen-bond donors (Lipinski definition) is 0. The topological polar surface area (TPSA) is 55.8 Å². The van der Waals surface area contributed by atoms with Crippen LogP contribution in [0.25, 0.3) is 0 Å². The lowest BCUT2D eigenvalue weighted by atomic mass is 9.84. The predicted molar refractivity (Wildman–Crippen MR) is 108 cm³/mol. The number of rotatable bonds is 4. The summed E-state index contributed by atoms with van der Waals surface area (Å²) in [5, 5.41) is -0.0831. The van der Waals surface area contributed by atoms with Crippen molar-refractivity contribution in [1.29, 1.82) is 0 Å². The molecule has 4 atom stereocenters. The first-order valence-corrected chi connectivity index (χ1v) is 10.2. The van der Waals surface area contributed by atoms with Crippen LogP contribution in [0.3, 0.4) is 0 Å². The van der Waals surface area contributed by atoms with Crippen molar-refractivity contribution in [2.45, 2.75) is 28.9 Å². The van der Waals surface area contributed by atoms with Crippen LogP contribution in [0.4, 0.5) is 5.69 Å². The number of ether oxygens (including phenoxy) is 2. The lowest BCUT2D eigenvalue weighted by Gasteiger charge is -2.42. The molecule has 2 amide bonds. The van der Waals surface area contributed by atoms with Crippen molar-refractivity contribution in [3.8, 4) is 0 Å². The second-order valence-corrected chi connectivity index (χ2v) is 9.01. The van der Waals surface area contributed by atoms with Crippen LogP contribution in [0.5, 0.6) is 0 Å². The smallest absolute Gasteiger partial charge is 0.240 e. The number of fused-ring (bicyclic) bond motifs is 5. The van der Waals surface area contributed by atoms with Crippen molar-refractivity contribution in [2.75, 3.05) is 19.1 Å².